The van der Waals surface area contributed by atoms with E-state index in [0.29, 0.717) is 24.2 Å². The van der Waals surface area contributed by atoms with Gasteiger partial charge in [0.25, 0.3) is 0 Å². The van der Waals surface area contributed by atoms with Crippen LogP contribution in [0.2, 0.25) is 0 Å². The molecule has 1 aromatic rings. The number of fused-ring (bicyclic) bond motifs is 3. The number of hydrogen-bond donors (Lipinski definition) is 3. The second kappa shape index (κ2) is 9.78. The van der Waals surface area contributed by atoms with Crippen LogP contribution in [0, 0.1) is 5.92 Å². The summed E-state index contributed by atoms with van der Waals surface area (Å²) in [7, 11) is 0. The minimum absolute atomic E-state index is 0.0685. The van der Waals surface area contributed by atoms with Crippen molar-refractivity contribution in [2.24, 2.45) is 5.92 Å². The summed E-state index contributed by atoms with van der Waals surface area (Å²) in [6.07, 6.45) is 8.81. The maximum atomic E-state index is 12.5. The fraction of sp³-hybridized carbons (Fsp3) is 0.630. The van der Waals surface area contributed by atoms with E-state index < -0.39 is 18.1 Å². The lowest BCUT2D eigenvalue weighted by Crippen LogP contribution is -2.46. The van der Waals surface area contributed by atoms with Crippen molar-refractivity contribution in [2.75, 3.05) is 6.54 Å². The summed E-state index contributed by atoms with van der Waals surface area (Å²) in [5, 5.41) is 22.5. The molecule has 0 bridgehead atoms. The van der Waals surface area contributed by atoms with Crippen molar-refractivity contribution in [3.05, 3.63) is 34.9 Å². The van der Waals surface area contributed by atoms with Gasteiger partial charge in [0.1, 0.15) is 23.6 Å². The number of aromatic hydroxyl groups is 1. The molecule has 1 aromatic carbocycles. The van der Waals surface area contributed by atoms with E-state index in [9.17, 15) is 14.7 Å². The predicted octanol–water partition coefficient (Wildman–Crippen LogP) is 5.43. The number of carboxylic acid groups (broad SMARTS) is 1. The van der Waals surface area contributed by atoms with Gasteiger partial charge in [0.2, 0.25) is 5.91 Å². The SMILES string of the molecule is CCCCCCC(C)(C)c1cc(O)c2c(c1)OC(C)(C)[C@@H]1CC=C(C(=O)NCC(=O)O)C[C@@H]21. The molecule has 6 heteroatoms. The first-order valence-corrected chi connectivity index (χ1v) is 12.2. The van der Waals surface area contributed by atoms with Crippen molar-refractivity contribution in [1.82, 2.24) is 5.32 Å². The van der Waals surface area contributed by atoms with Crippen LogP contribution in [0.1, 0.15) is 96.6 Å². The van der Waals surface area contributed by atoms with E-state index in [1.165, 1.54) is 19.3 Å². The van der Waals surface area contributed by atoms with Gasteiger partial charge in [-0.15, -0.1) is 0 Å². The van der Waals surface area contributed by atoms with Crippen LogP contribution < -0.4 is 10.1 Å². The number of amides is 1. The Labute approximate surface area is 197 Å². The lowest BCUT2D eigenvalue weighted by Gasteiger charge is -2.47. The maximum Gasteiger partial charge on any atom is 0.322 e. The van der Waals surface area contributed by atoms with Crippen molar-refractivity contribution in [1.29, 1.82) is 0 Å². The monoisotopic (exact) mass is 457 g/mol. The van der Waals surface area contributed by atoms with Crippen LogP contribution in [0.15, 0.2) is 23.8 Å². The number of allylic oxidation sites excluding steroid dienone is 1. The number of phenols is 1. The zero-order valence-corrected chi connectivity index (χ0v) is 20.7. The van der Waals surface area contributed by atoms with Crippen molar-refractivity contribution in [3.8, 4) is 11.5 Å². The Balaban J connectivity index is 1.89. The second-order valence-corrected chi connectivity index (χ2v) is 10.8. The molecule has 1 heterocycles. The molecule has 1 aliphatic carbocycles. The first kappa shape index (κ1) is 25.1. The Bertz CT molecular complexity index is 931. The third-order valence-electron chi connectivity index (χ3n) is 7.43. The fourth-order valence-corrected chi connectivity index (χ4v) is 5.38. The van der Waals surface area contributed by atoms with E-state index in [1.54, 1.807) is 0 Å². The Morgan fingerprint density at radius 1 is 1.21 bits per heavy atom. The number of carbonyl (C=O) groups is 2. The third-order valence-corrected chi connectivity index (χ3v) is 7.43. The number of aliphatic carboxylic acids is 1. The van der Waals surface area contributed by atoms with Gasteiger partial charge >= 0.3 is 5.97 Å². The van der Waals surface area contributed by atoms with Gasteiger partial charge in [-0.05, 0) is 56.2 Å². The van der Waals surface area contributed by atoms with Crippen LogP contribution in [0.5, 0.6) is 11.5 Å². The summed E-state index contributed by atoms with van der Waals surface area (Å²) in [6.45, 7) is 10.4. The van der Waals surface area contributed by atoms with Gasteiger partial charge in [0.05, 0.1) is 0 Å². The van der Waals surface area contributed by atoms with Crippen LogP contribution in [-0.2, 0) is 15.0 Å². The molecule has 1 amide bonds. The van der Waals surface area contributed by atoms with Gasteiger partial charge < -0.3 is 20.3 Å². The number of benzene rings is 1. The minimum atomic E-state index is -1.07. The molecule has 0 unspecified atom stereocenters. The summed E-state index contributed by atoms with van der Waals surface area (Å²) in [4.78, 5) is 23.4. The van der Waals surface area contributed by atoms with E-state index in [1.807, 2.05) is 12.1 Å². The summed E-state index contributed by atoms with van der Waals surface area (Å²) >= 11 is 0. The topological polar surface area (TPSA) is 95.9 Å². The second-order valence-electron chi connectivity index (χ2n) is 10.8. The van der Waals surface area contributed by atoms with Crippen LogP contribution in [0.4, 0.5) is 0 Å². The number of carboxylic acids is 1. The molecule has 2 aliphatic rings. The number of hydrogen-bond acceptors (Lipinski definition) is 4. The highest BCUT2D eigenvalue weighted by molar-refractivity contribution is 5.95. The van der Waals surface area contributed by atoms with Gasteiger partial charge in [0.15, 0.2) is 0 Å². The number of ether oxygens (including phenoxy) is 1. The van der Waals surface area contributed by atoms with Crippen molar-refractivity contribution >= 4 is 11.9 Å². The molecular formula is C27H39NO5. The van der Waals surface area contributed by atoms with Crippen molar-refractivity contribution in [2.45, 2.75) is 96.5 Å². The first-order valence-electron chi connectivity index (χ1n) is 12.2. The van der Waals surface area contributed by atoms with Crippen molar-refractivity contribution < 1.29 is 24.5 Å². The van der Waals surface area contributed by atoms with Gasteiger partial charge in [0, 0.05) is 23.0 Å². The average molecular weight is 458 g/mol. The lowest BCUT2D eigenvalue weighted by atomic mass is 9.66. The minimum Gasteiger partial charge on any atom is -0.508 e. The smallest absolute Gasteiger partial charge is 0.322 e. The van der Waals surface area contributed by atoms with Crippen LogP contribution in [-0.4, -0.2) is 34.2 Å². The highest BCUT2D eigenvalue weighted by Crippen LogP contribution is 2.55. The standard InChI is InChI=1S/C27H39NO5/c1-6-7-8-9-12-26(2,3)18-14-21(29)24-19-13-17(25(32)28-16-23(30)31)10-11-20(19)27(4,5)33-22(24)15-18/h10,14-15,19-20,29H,6-9,11-13,16H2,1-5H3,(H,28,32)(H,30,31)/t19-,20-/m1/s1. The summed E-state index contributed by atoms with van der Waals surface area (Å²) < 4.78 is 6.46. The van der Waals surface area contributed by atoms with Gasteiger partial charge in [-0.25, -0.2) is 0 Å². The molecule has 1 aliphatic heterocycles. The third kappa shape index (κ3) is 5.53. The number of rotatable bonds is 9. The van der Waals surface area contributed by atoms with E-state index in [0.717, 1.165) is 24.0 Å². The zero-order chi connectivity index (χ0) is 24.4. The molecule has 6 nitrogen and oxygen atoms in total. The van der Waals surface area contributed by atoms with Gasteiger partial charge in [-0.3, -0.25) is 9.59 Å². The average Bonchev–Trinajstić information content (AvgIpc) is 2.73. The molecule has 3 rings (SSSR count). The molecule has 3 N–H and O–H groups in total. The lowest BCUT2D eigenvalue weighted by molar-refractivity contribution is -0.137. The van der Waals surface area contributed by atoms with Crippen LogP contribution in [0.3, 0.4) is 0 Å². The van der Waals surface area contributed by atoms with Crippen LogP contribution >= 0.6 is 0 Å². The summed E-state index contributed by atoms with van der Waals surface area (Å²) in [5.41, 5.74) is 1.87. The molecular weight excluding hydrogens is 418 g/mol. The van der Waals surface area contributed by atoms with Crippen LogP contribution in [0.25, 0.3) is 0 Å². The number of nitrogens with one attached hydrogen (secondary N) is 1. The molecule has 0 saturated heterocycles. The van der Waals surface area contributed by atoms with E-state index >= 15 is 0 Å². The van der Waals surface area contributed by atoms with Gasteiger partial charge in [-0.1, -0.05) is 52.5 Å². The maximum absolute atomic E-state index is 12.5. The summed E-state index contributed by atoms with van der Waals surface area (Å²) in [6, 6.07) is 3.95. The fourth-order valence-electron chi connectivity index (χ4n) is 5.38. The highest BCUT2D eigenvalue weighted by atomic mass is 16.5. The molecule has 0 aromatic heterocycles. The number of unbranched alkanes of at least 4 members (excludes halogenated alkanes) is 3. The molecule has 0 radical (unpaired) electrons. The largest absolute Gasteiger partial charge is 0.508 e. The molecule has 33 heavy (non-hydrogen) atoms. The Morgan fingerprint density at radius 2 is 1.94 bits per heavy atom. The zero-order valence-electron chi connectivity index (χ0n) is 20.7. The molecule has 0 saturated carbocycles. The van der Waals surface area contributed by atoms with Gasteiger partial charge in [-0.2, -0.15) is 0 Å². The Hall–Kier alpha value is -2.50. The first-order chi connectivity index (χ1) is 15.5. The molecule has 2 atom stereocenters. The number of phenolic OH excluding ortho intramolecular Hbond substituents is 1. The molecule has 182 valence electrons. The Morgan fingerprint density at radius 3 is 2.61 bits per heavy atom. The normalized spacial score (nSPS) is 21.3. The van der Waals surface area contributed by atoms with E-state index in [4.69, 9.17) is 9.84 Å². The number of carbonyl (C=O) groups excluding carboxylic acids is 1. The van der Waals surface area contributed by atoms with E-state index in [-0.39, 0.29) is 28.9 Å². The predicted molar refractivity (Wildman–Crippen MR) is 129 cm³/mol. The highest BCUT2D eigenvalue weighted by Gasteiger charge is 2.47. The molecule has 0 spiro atoms. The van der Waals surface area contributed by atoms with E-state index in [2.05, 4.69) is 46.0 Å². The molecule has 0 fully saturated rings. The van der Waals surface area contributed by atoms with Crippen molar-refractivity contribution in [3.63, 3.8) is 0 Å². The quantitative estimate of drug-likeness (QED) is 0.430. The Kier molecular flexibility index (Phi) is 7.45. The summed E-state index contributed by atoms with van der Waals surface area (Å²) in [5.74, 6) is -0.462.